The summed E-state index contributed by atoms with van der Waals surface area (Å²) in [7, 11) is 0. The van der Waals surface area contributed by atoms with Gasteiger partial charge in [0.1, 0.15) is 0 Å². The maximum absolute atomic E-state index is 10.8. The third kappa shape index (κ3) is 2.87. The van der Waals surface area contributed by atoms with Crippen molar-refractivity contribution in [2.24, 2.45) is 5.92 Å². The predicted octanol–water partition coefficient (Wildman–Crippen LogP) is 2.71. The van der Waals surface area contributed by atoms with Gasteiger partial charge in [-0.25, -0.2) is 0 Å². The third-order valence-electron chi connectivity index (χ3n) is 3.89. The highest BCUT2D eigenvalue weighted by Crippen LogP contribution is 2.32. The number of nitrogens with zero attached hydrogens (tertiary/aromatic N) is 2. The van der Waals surface area contributed by atoms with Gasteiger partial charge in [-0.3, -0.25) is 10.1 Å². The maximum atomic E-state index is 10.8. The smallest absolute Gasteiger partial charge is 0.269 e. The van der Waals surface area contributed by atoms with E-state index in [-0.39, 0.29) is 12.3 Å². The van der Waals surface area contributed by atoms with E-state index in [4.69, 9.17) is 0 Å². The average Bonchev–Trinajstić information content (AvgIpc) is 2.38. The molecule has 2 atom stereocenters. The highest BCUT2D eigenvalue weighted by atomic mass is 16.6. The number of aliphatic hydroxyl groups is 1. The maximum Gasteiger partial charge on any atom is 0.269 e. The Kier molecular flexibility index (Phi) is 4.04. The van der Waals surface area contributed by atoms with E-state index in [0.29, 0.717) is 17.5 Å². The molecule has 0 saturated carbocycles. The summed E-state index contributed by atoms with van der Waals surface area (Å²) in [6.07, 6.45) is 2.23. The van der Waals surface area contributed by atoms with Gasteiger partial charge in [0.05, 0.1) is 11.5 Å². The van der Waals surface area contributed by atoms with Crippen LogP contribution in [0.15, 0.2) is 18.2 Å². The molecule has 1 N–H and O–H groups in total. The molecule has 1 aromatic carbocycles. The summed E-state index contributed by atoms with van der Waals surface area (Å²) in [4.78, 5) is 12.6. The number of non-ortho nitro benzene ring substituents is 1. The number of hydrogen-bond donors (Lipinski definition) is 1. The predicted molar refractivity (Wildman–Crippen MR) is 74.2 cm³/mol. The summed E-state index contributed by atoms with van der Waals surface area (Å²) in [5, 5.41) is 20.2. The number of piperidine rings is 1. The molecule has 1 saturated heterocycles. The van der Waals surface area contributed by atoms with Crippen molar-refractivity contribution in [1.29, 1.82) is 0 Å². The van der Waals surface area contributed by atoms with Crippen molar-refractivity contribution in [3.63, 3.8) is 0 Å². The molecule has 0 amide bonds. The molecular weight excluding hydrogens is 244 g/mol. The summed E-state index contributed by atoms with van der Waals surface area (Å²) >= 11 is 0. The van der Waals surface area contributed by atoms with Gasteiger partial charge < -0.3 is 10.0 Å². The van der Waals surface area contributed by atoms with Gasteiger partial charge in [-0.2, -0.15) is 0 Å². The van der Waals surface area contributed by atoms with Crippen molar-refractivity contribution in [2.75, 3.05) is 11.4 Å². The molecule has 19 heavy (non-hydrogen) atoms. The summed E-state index contributed by atoms with van der Waals surface area (Å²) in [5.41, 5.74) is 1.59. The van der Waals surface area contributed by atoms with Gasteiger partial charge in [-0.15, -0.1) is 0 Å². The van der Waals surface area contributed by atoms with Crippen molar-refractivity contribution >= 4 is 11.4 Å². The van der Waals surface area contributed by atoms with Crippen molar-refractivity contribution in [2.45, 2.75) is 39.3 Å². The molecule has 5 nitrogen and oxygen atoms in total. The Labute approximate surface area is 113 Å². The minimum absolute atomic E-state index is 0.0332. The zero-order chi connectivity index (χ0) is 14.0. The van der Waals surface area contributed by atoms with Gasteiger partial charge in [-0.05, 0) is 31.7 Å². The monoisotopic (exact) mass is 264 g/mol. The Morgan fingerprint density at radius 2 is 2.21 bits per heavy atom. The van der Waals surface area contributed by atoms with Crippen LogP contribution in [0.25, 0.3) is 0 Å². The van der Waals surface area contributed by atoms with Crippen LogP contribution in [0.5, 0.6) is 0 Å². The van der Waals surface area contributed by atoms with Crippen LogP contribution in [-0.2, 0) is 6.61 Å². The first-order valence-electron chi connectivity index (χ1n) is 6.67. The number of benzene rings is 1. The average molecular weight is 264 g/mol. The van der Waals surface area contributed by atoms with E-state index in [1.165, 1.54) is 12.1 Å². The molecule has 1 fully saturated rings. The fraction of sp³-hybridized carbons (Fsp3) is 0.571. The summed E-state index contributed by atoms with van der Waals surface area (Å²) in [6.45, 7) is 5.18. The molecular formula is C14H20N2O3. The lowest BCUT2D eigenvalue weighted by atomic mass is 9.92. The Balaban J connectivity index is 2.31. The highest BCUT2D eigenvalue weighted by molar-refractivity contribution is 5.58. The second-order valence-corrected chi connectivity index (χ2v) is 5.40. The second-order valence-electron chi connectivity index (χ2n) is 5.40. The Morgan fingerprint density at radius 3 is 2.79 bits per heavy atom. The van der Waals surface area contributed by atoms with E-state index in [9.17, 15) is 15.2 Å². The summed E-state index contributed by atoms with van der Waals surface area (Å²) in [5.74, 6) is 0.710. The lowest BCUT2D eigenvalue weighted by Gasteiger charge is -2.39. The Bertz CT molecular complexity index is 476. The molecule has 0 radical (unpaired) electrons. The molecule has 5 heteroatoms. The van der Waals surface area contributed by atoms with Crippen molar-refractivity contribution in [3.8, 4) is 0 Å². The fourth-order valence-electron chi connectivity index (χ4n) is 2.86. The normalized spacial score (nSPS) is 23.4. The van der Waals surface area contributed by atoms with E-state index in [0.717, 1.165) is 25.1 Å². The van der Waals surface area contributed by atoms with Crippen molar-refractivity contribution in [3.05, 3.63) is 33.9 Å². The SMILES string of the molecule is CC1CCN(c2ccc([N+](=O)[O-])cc2CO)C(C)C1. The van der Waals surface area contributed by atoms with E-state index >= 15 is 0 Å². The zero-order valence-corrected chi connectivity index (χ0v) is 11.4. The van der Waals surface area contributed by atoms with Gasteiger partial charge >= 0.3 is 0 Å². The summed E-state index contributed by atoms with van der Waals surface area (Å²) in [6, 6.07) is 5.14. The van der Waals surface area contributed by atoms with Crippen LogP contribution in [-0.4, -0.2) is 22.6 Å². The van der Waals surface area contributed by atoms with Crippen LogP contribution >= 0.6 is 0 Å². The molecule has 0 aliphatic carbocycles. The van der Waals surface area contributed by atoms with Crippen LogP contribution in [0.3, 0.4) is 0 Å². The van der Waals surface area contributed by atoms with Gasteiger partial charge in [0.25, 0.3) is 5.69 Å². The lowest BCUT2D eigenvalue weighted by Crippen LogP contribution is -2.40. The topological polar surface area (TPSA) is 66.6 Å². The molecule has 1 heterocycles. The van der Waals surface area contributed by atoms with Crippen LogP contribution in [0.4, 0.5) is 11.4 Å². The molecule has 1 aliphatic rings. The quantitative estimate of drug-likeness (QED) is 0.673. The number of hydrogen-bond acceptors (Lipinski definition) is 4. The molecule has 0 spiro atoms. The molecule has 0 bridgehead atoms. The molecule has 1 aliphatic heterocycles. The number of nitro groups is 1. The molecule has 2 rings (SSSR count). The summed E-state index contributed by atoms with van der Waals surface area (Å²) < 4.78 is 0. The first kappa shape index (κ1) is 13.8. The van der Waals surface area contributed by atoms with Crippen molar-refractivity contribution in [1.82, 2.24) is 0 Å². The van der Waals surface area contributed by atoms with Crippen LogP contribution in [0, 0.1) is 16.0 Å². The van der Waals surface area contributed by atoms with Gasteiger partial charge in [-0.1, -0.05) is 6.92 Å². The minimum Gasteiger partial charge on any atom is -0.392 e. The standard InChI is InChI=1S/C14H20N2O3/c1-10-5-6-15(11(2)7-10)14-4-3-13(16(18)19)8-12(14)9-17/h3-4,8,10-11,17H,5-7,9H2,1-2H3. The van der Waals surface area contributed by atoms with Crippen LogP contribution < -0.4 is 4.90 Å². The first-order chi connectivity index (χ1) is 9.02. The van der Waals surface area contributed by atoms with E-state index in [1.54, 1.807) is 6.07 Å². The van der Waals surface area contributed by atoms with Gasteiger partial charge in [0, 0.05) is 36.0 Å². The Hall–Kier alpha value is -1.62. The zero-order valence-electron chi connectivity index (χ0n) is 11.4. The number of rotatable bonds is 3. The van der Waals surface area contributed by atoms with Crippen LogP contribution in [0.1, 0.15) is 32.3 Å². The molecule has 0 aromatic heterocycles. The Morgan fingerprint density at radius 1 is 1.47 bits per heavy atom. The first-order valence-corrected chi connectivity index (χ1v) is 6.67. The van der Waals surface area contributed by atoms with Crippen molar-refractivity contribution < 1.29 is 10.0 Å². The largest absolute Gasteiger partial charge is 0.392 e. The second kappa shape index (κ2) is 5.57. The molecule has 1 aromatic rings. The van der Waals surface area contributed by atoms with E-state index in [2.05, 4.69) is 18.7 Å². The fourth-order valence-corrected chi connectivity index (χ4v) is 2.86. The third-order valence-corrected chi connectivity index (χ3v) is 3.89. The van der Waals surface area contributed by atoms with E-state index in [1.807, 2.05) is 0 Å². The number of nitro benzene ring substituents is 1. The highest BCUT2D eigenvalue weighted by Gasteiger charge is 2.25. The lowest BCUT2D eigenvalue weighted by molar-refractivity contribution is -0.384. The van der Waals surface area contributed by atoms with Crippen LogP contribution in [0.2, 0.25) is 0 Å². The minimum atomic E-state index is -0.426. The van der Waals surface area contributed by atoms with Gasteiger partial charge in [0.2, 0.25) is 0 Å². The van der Waals surface area contributed by atoms with Gasteiger partial charge in [0.15, 0.2) is 0 Å². The number of anilines is 1. The molecule has 104 valence electrons. The van der Waals surface area contributed by atoms with E-state index < -0.39 is 4.92 Å². The number of aliphatic hydroxyl groups excluding tert-OH is 1. The molecule has 2 unspecified atom stereocenters.